The monoisotopic (exact) mass is 281 g/mol. The van der Waals surface area contributed by atoms with Crippen molar-refractivity contribution in [2.24, 2.45) is 11.8 Å². The van der Waals surface area contributed by atoms with Crippen LogP contribution in [0.15, 0.2) is 28.7 Å². The van der Waals surface area contributed by atoms with Gasteiger partial charge in [-0.05, 0) is 49.5 Å². The SMILES string of the molecule is CNCC(Cc1ccc(Br)cc1)C1CCC1. The minimum absolute atomic E-state index is 0.819. The van der Waals surface area contributed by atoms with E-state index in [0.717, 1.165) is 18.4 Å². The highest BCUT2D eigenvalue weighted by Gasteiger charge is 2.26. The lowest BCUT2D eigenvalue weighted by Crippen LogP contribution is -2.31. The van der Waals surface area contributed by atoms with Gasteiger partial charge in [0.25, 0.3) is 0 Å². The zero-order chi connectivity index (χ0) is 11.4. The molecule has 88 valence electrons. The summed E-state index contributed by atoms with van der Waals surface area (Å²) in [6.07, 6.45) is 5.52. The van der Waals surface area contributed by atoms with Gasteiger partial charge in [0, 0.05) is 4.47 Å². The number of nitrogens with one attached hydrogen (secondary N) is 1. The number of halogens is 1. The predicted molar refractivity (Wildman–Crippen MR) is 72.6 cm³/mol. The van der Waals surface area contributed by atoms with Crippen molar-refractivity contribution < 1.29 is 0 Å². The Kier molecular flexibility index (Phi) is 4.42. The second-order valence-electron chi connectivity index (χ2n) is 4.84. The maximum absolute atomic E-state index is 3.48. The molecule has 1 aromatic rings. The molecule has 0 heterocycles. The molecule has 1 atom stereocenters. The smallest absolute Gasteiger partial charge is 0.0175 e. The molecular formula is C14H20BrN. The summed E-state index contributed by atoms with van der Waals surface area (Å²) in [5, 5.41) is 3.34. The lowest BCUT2D eigenvalue weighted by atomic mass is 9.73. The Labute approximate surface area is 107 Å². The Bertz CT molecular complexity index is 316. The van der Waals surface area contributed by atoms with E-state index in [-0.39, 0.29) is 0 Å². The van der Waals surface area contributed by atoms with Crippen molar-refractivity contribution >= 4 is 15.9 Å². The second-order valence-corrected chi connectivity index (χ2v) is 5.76. The summed E-state index contributed by atoms with van der Waals surface area (Å²) in [4.78, 5) is 0. The first-order chi connectivity index (χ1) is 7.79. The van der Waals surface area contributed by atoms with Crippen LogP contribution in [0.5, 0.6) is 0 Å². The van der Waals surface area contributed by atoms with Crippen molar-refractivity contribution in [3.63, 3.8) is 0 Å². The highest BCUT2D eigenvalue weighted by Crippen LogP contribution is 2.35. The third-order valence-corrected chi connectivity index (χ3v) is 4.22. The van der Waals surface area contributed by atoms with Gasteiger partial charge in [0.15, 0.2) is 0 Å². The van der Waals surface area contributed by atoms with Gasteiger partial charge in [-0.3, -0.25) is 0 Å². The van der Waals surface area contributed by atoms with Gasteiger partial charge in [-0.1, -0.05) is 47.3 Å². The normalized spacial score (nSPS) is 18.1. The molecule has 1 saturated carbocycles. The van der Waals surface area contributed by atoms with Crippen LogP contribution in [0.1, 0.15) is 24.8 Å². The molecule has 1 unspecified atom stereocenters. The van der Waals surface area contributed by atoms with Crippen LogP contribution in [0, 0.1) is 11.8 Å². The van der Waals surface area contributed by atoms with Gasteiger partial charge in [-0.2, -0.15) is 0 Å². The van der Waals surface area contributed by atoms with Crippen molar-refractivity contribution in [2.75, 3.05) is 13.6 Å². The largest absolute Gasteiger partial charge is 0.319 e. The topological polar surface area (TPSA) is 12.0 Å². The molecule has 0 spiro atoms. The van der Waals surface area contributed by atoms with Crippen molar-refractivity contribution in [2.45, 2.75) is 25.7 Å². The van der Waals surface area contributed by atoms with Gasteiger partial charge < -0.3 is 5.32 Å². The Balaban J connectivity index is 1.96. The first-order valence-corrected chi connectivity index (χ1v) is 6.98. The lowest BCUT2D eigenvalue weighted by Gasteiger charge is -2.34. The lowest BCUT2D eigenvalue weighted by molar-refractivity contribution is 0.202. The van der Waals surface area contributed by atoms with Crippen LogP contribution in [0.2, 0.25) is 0 Å². The first-order valence-electron chi connectivity index (χ1n) is 6.18. The minimum Gasteiger partial charge on any atom is -0.319 e. The van der Waals surface area contributed by atoms with Crippen LogP contribution >= 0.6 is 15.9 Å². The molecule has 1 N–H and O–H groups in total. The third-order valence-electron chi connectivity index (χ3n) is 3.69. The van der Waals surface area contributed by atoms with E-state index in [0.29, 0.717) is 0 Å². The van der Waals surface area contributed by atoms with Gasteiger partial charge in [-0.15, -0.1) is 0 Å². The third kappa shape index (κ3) is 3.08. The van der Waals surface area contributed by atoms with E-state index in [1.54, 1.807) is 0 Å². The van der Waals surface area contributed by atoms with Gasteiger partial charge in [-0.25, -0.2) is 0 Å². The van der Waals surface area contributed by atoms with E-state index in [4.69, 9.17) is 0 Å². The van der Waals surface area contributed by atoms with Crippen molar-refractivity contribution in [3.05, 3.63) is 34.3 Å². The summed E-state index contributed by atoms with van der Waals surface area (Å²) in [6.45, 7) is 1.15. The molecule has 1 nitrogen and oxygen atoms in total. The minimum atomic E-state index is 0.819. The highest BCUT2D eigenvalue weighted by molar-refractivity contribution is 9.10. The van der Waals surface area contributed by atoms with Crippen LogP contribution in [0.4, 0.5) is 0 Å². The van der Waals surface area contributed by atoms with Gasteiger partial charge in [0.2, 0.25) is 0 Å². The molecule has 2 heteroatoms. The molecular weight excluding hydrogens is 262 g/mol. The van der Waals surface area contributed by atoms with E-state index in [1.165, 1.54) is 35.7 Å². The molecule has 1 aliphatic rings. The molecule has 0 aliphatic heterocycles. The van der Waals surface area contributed by atoms with E-state index < -0.39 is 0 Å². The van der Waals surface area contributed by atoms with E-state index in [1.807, 2.05) is 0 Å². The van der Waals surface area contributed by atoms with E-state index in [9.17, 15) is 0 Å². The van der Waals surface area contributed by atoms with Crippen molar-refractivity contribution in [3.8, 4) is 0 Å². The Morgan fingerprint density at radius 3 is 2.50 bits per heavy atom. The van der Waals surface area contributed by atoms with Crippen LogP contribution < -0.4 is 5.32 Å². The fourth-order valence-electron chi connectivity index (χ4n) is 2.50. The number of hydrogen-bond donors (Lipinski definition) is 1. The van der Waals surface area contributed by atoms with E-state index >= 15 is 0 Å². The van der Waals surface area contributed by atoms with Crippen LogP contribution in [0.3, 0.4) is 0 Å². The zero-order valence-electron chi connectivity index (χ0n) is 9.88. The Morgan fingerprint density at radius 2 is 2.00 bits per heavy atom. The highest BCUT2D eigenvalue weighted by atomic mass is 79.9. The summed E-state index contributed by atoms with van der Waals surface area (Å²) >= 11 is 3.48. The number of benzene rings is 1. The van der Waals surface area contributed by atoms with Crippen LogP contribution in [0.25, 0.3) is 0 Å². The van der Waals surface area contributed by atoms with Crippen LogP contribution in [-0.4, -0.2) is 13.6 Å². The standard InChI is InChI=1S/C14H20BrN/c1-16-10-13(12-3-2-4-12)9-11-5-7-14(15)8-6-11/h5-8,12-13,16H,2-4,9-10H2,1H3. The van der Waals surface area contributed by atoms with Crippen LogP contribution in [-0.2, 0) is 6.42 Å². The number of rotatable bonds is 5. The average molecular weight is 282 g/mol. The maximum Gasteiger partial charge on any atom is 0.0175 e. The fraction of sp³-hybridized carbons (Fsp3) is 0.571. The summed E-state index contributed by atoms with van der Waals surface area (Å²) in [5.41, 5.74) is 1.47. The average Bonchev–Trinajstić information content (AvgIpc) is 2.19. The molecule has 1 aliphatic carbocycles. The quantitative estimate of drug-likeness (QED) is 0.869. The molecule has 0 radical (unpaired) electrons. The van der Waals surface area contributed by atoms with Gasteiger partial charge in [0.05, 0.1) is 0 Å². The molecule has 0 saturated heterocycles. The van der Waals surface area contributed by atoms with Gasteiger partial charge >= 0.3 is 0 Å². The van der Waals surface area contributed by atoms with Gasteiger partial charge in [0.1, 0.15) is 0 Å². The summed E-state index contributed by atoms with van der Waals surface area (Å²) in [6, 6.07) is 8.77. The molecule has 0 bridgehead atoms. The first kappa shape index (κ1) is 12.1. The maximum atomic E-state index is 3.48. The fourth-order valence-corrected chi connectivity index (χ4v) is 2.77. The molecule has 2 rings (SSSR count). The molecule has 0 aromatic heterocycles. The summed E-state index contributed by atoms with van der Waals surface area (Å²) < 4.78 is 1.17. The molecule has 1 aromatic carbocycles. The molecule has 1 fully saturated rings. The predicted octanol–water partition coefficient (Wildman–Crippen LogP) is 3.63. The second kappa shape index (κ2) is 5.83. The Hall–Kier alpha value is -0.340. The Morgan fingerprint density at radius 1 is 1.31 bits per heavy atom. The summed E-state index contributed by atoms with van der Waals surface area (Å²) in [5.74, 6) is 1.77. The zero-order valence-corrected chi connectivity index (χ0v) is 11.5. The molecule has 0 amide bonds. The van der Waals surface area contributed by atoms with Crippen molar-refractivity contribution in [1.29, 1.82) is 0 Å². The molecule has 16 heavy (non-hydrogen) atoms. The number of hydrogen-bond acceptors (Lipinski definition) is 1. The van der Waals surface area contributed by atoms with Crippen molar-refractivity contribution in [1.82, 2.24) is 5.32 Å². The summed E-state index contributed by atoms with van der Waals surface area (Å²) in [7, 11) is 2.06. The van der Waals surface area contributed by atoms with E-state index in [2.05, 4.69) is 52.6 Å².